The molecule has 6 heteroatoms. The van der Waals surface area contributed by atoms with Gasteiger partial charge in [0.15, 0.2) is 0 Å². The molecule has 72 valence electrons. The second-order valence-corrected chi connectivity index (χ2v) is 2.27. The molecule has 0 saturated carbocycles. The summed E-state index contributed by atoms with van der Waals surface area (Å²) in [4.78, 5) is 21.0. The van der Waals surface area contributed by atoms with Crippen molar-refractivity contribution >= 4 is 71.1 Å². The van der Waals surface area contributed by atoms with Gasteiger partial charge in [-0.15, -0.1) is 0 Å². The first kappa shape index (κ1) is 20.1. The van der Waals surface area contributed by atoms with Gasteiger partial charge in [-0.1, -0.05) is 13.8 Å². The zero-order valence-corrected chi connectivity index (χ0v) is 7.13. The quantitative estimate of drug-likeness (QED) is 0.515. The average Bonchev–Trinajstić information content (AvgIpc) is 1.98. The summed E-state index contributed by atoms with van der Waals surface area (Å²) in [7, 11) is 0. The molecule has 0 aliphatic heterocycles. The first-order valence-corrected chi connectivity index (χ1v) is 3.73. The van der Waals surface area contributed by atoms with Gasteiger partial charge in [-0.2, -0.15) is 0 Å². The van der Waals surface area contributed by atoms with Crippen LogP contribution in [0.3, 0.4) is 0 Å². The van der Waals surface area contributed by atoms with Crippen molar-refractivity contribution in [2.75, 3.05) is 0 Å². The van der Waals surface area contributed by atoms with E-state index < -0.39 is 11.9 Å². The van der Waals surface area contributed by atoms with Crippen molar-refractivity contribution in [2.45, 2.75) is 26.7 Å². The minimum absolute atomic E-state index is 0. The Morgan fingerprint density at radius 2 is 1.07 bits per heavy atom. The van der Waals surface area contributed by atoms with Crippen LogP contribution < -0.4 is 0 Å². The van der Waals surface area contributed by atoms with Crippen molar-refractivity contribution in [3.05, 3.63) is 11.1 Å². The van der Waals surface area contributed by atoms with Crippen LogP contribution in [0.2, 0.25) is 0 Å². The summed E-state index contributed by atoms with van der Waals surface area (Å²) >= 11 is 0. The number of hydrogen-bond acceptors (Lipinski definition) is 2. The number of hydrogen-bond donors (Lipinski definition) is 2. The van der Waals surface area contributed by atoms with E-state index in [1.807, 2.05) is 0 Å². The fraction of sp³-hybridized carbons (Fsp3) is 0.500. The maximum absolute atomic E-state index is 10.5. The van der Waals surface area contributed by atoms with E-state index in [2.05, 4.69) is 0 Å². The number of aliphatic carboxylic acids is 2. The van der Waals surface area contributed by atoms with Gasteiger partial charge in [0.05, 0.1) is 0 Å². The molecule has 0 aliphatic carbocycles. The molecule has 0 saturated heterocycles. The van der Waals surface area contributed by atoms with E-state index in [4.69, 9.17) is 10.2 Å². The molecule has 0 aliphatic rings. The van der Waals surface area contributed by atoms with Crippen LogP contribution in [-0.4, -0.2) is 81.3 Å². The summed E-state index contributed by atoms with van der Waals surface area (Å²) in [5, 5.41) is 17.2. The molecular weight excluding hydrogens is 206 g/mol. The first-order valence-electron chi connectivity index (χ1n) is 3.73. The Labute approximate surface area is 127 Å². The number of carboxylic acids is 2. The molecule has 0 rings (SSSR count). The van der Waals surface area contributed by atoms with Gasteiger partial charge in [0.2, 0.25) is 0 Å². The van der Waals surface area contributed by atoms with Gasteiger partial charge >= 0.3 is 71.1 Å². The summed E-state index contributed by atoms with van der Waals surface area (Å²) in [6.45, 7) is 3.25. The third-order valence-corrected chi connectivity index (χ3v) is 1.59. The monoisotopic (exact) mass is 220 g/mol. The Morgan fingerprint density at radius 1 is 0.857 bits per heavy atom. The SMILES string of the molecule is CC/C(C(=O)O)=C(\CC)C(=O)O.[NaH].[NaH]. The molecule has 0 unspecified atom stereocenters. The Hall–Kier alpha value is 0.680. The van der Waals surface area contributed by atoms with Crippen LogP contribution in [0.15, 0.2) is 11.1 Å². The van der Waals surface area contributed by atoms with E-state index in [0.29, 0.717) is 0 Å². The molecule has 0 fully saturated rings. The zero-order valence-electron chi connectivity index (χ0n) is 7.13. The normalized spacial score (nSPS) is 10.4. The van der Waals surface area contributed by atoms with Crippen LogP contribution in [0.1, 0.15) is 26.7 Å². The van der Waals surface area contributed by atoms with Gasteiger partial charge in [-0.25, -0.2) is 9.59 Å². The van der Waals surface area contributed by atoms with Gasteiger partial charge in [0, 0.05) is 11.1 Å². The van der Waals surface area contributed by atoms with E-state index in [1.54, 1.807) is 13.8 Å². The average molecular weight is 220 g/mol. The molecule has 0 amide bonds. The molecule has 0 bridgehead atoms. The van der Waals surface area contributed by atoms with Gasteiger partial charge in [0.1, 0.15) is 0 Å². The molecule has 0 atom stereocenters. The van der Waals surface area contributed by atoms with E-state index in [9.17, 15) is 9.59 Å². The summed E-state index contributed by atoms with van der Waals surface area (Å²) < 4.78 is 0. The zero-order chi connectivity index (χ0) is 9.72. The Morgan fingerprint density at radius 3 is 1.14 bits per heavy atom. The minimum atomic E-state index is -1.14. The van der Waals surface area contributed by atoms with Gasteiger partial charge in [0.25, 0.3) is 0 Å². The van der Waals surface area contributed by atoms with Crippen molar-refractivity contribution in [1.82, 2.24) is 0 Å². The van der Waals surface area contributed by atoms with Gasteiger partial charge in [-0.3, -0.25) is 0 Å². The molecule has 0 heterocycles. The van der Waals surface area contributed by atoms with Crippen LogP contribution in [0.25, 0.3) is 0 Å². The Kier molecular flexibility index (Phi) is 14.7. The molecule has 0 aromatic carbocycles. The number of rotatable bonds is 4. The third kappa shape index (κ3) is 6.22. The third-order valence-electron chi connectivity index (χ3n) is 1.59. The fourth-order valence-electron chi connectivity index (χ4n) is 0.987. The topological polar surface area (TPSA) is 74.6 Å². The summed E-state index contributed by atoms with van der Waals surface area (Å²) in [6.07, 6.45) is 0.482. The summed E-state index contributed by atoms with van der Waals surface area (Å²) in [5.74, 6) is -2.28. The van der Waals surface area contributed by atoms with Gasteiger partial charge < -0.3 is 10.2 Å². The van der Waals surface area contributed by atoms with Crippen molar-refractivity contribution in [3.8, 4) is 0 Å². The maximum atomic E-state index is 10.5. The van der Waals surface area contributed by atoms with Gasteiger partial charge in [-0.05, 0) is 12.8 Å². The molecule has 2 N–H and O–H groups in total. The van der Waals surface area contributed by atoms with E-state index in [1.165, 1.54) is 0 Å². The predicted molar refractivity (Wildman–Crippen MR) is 57.2 cm³/mol. The summed E-state index contributed by atoms with van der Waals surface area (Å²) in [6, 6.07) is 0. The van der Waals surface area contributed by atoms with Crippen LogP contribution in [-0.2, 0) is 9.59 Å². The van der Waals surface area contributed by atoms with Crippen LogP contribution in [0.5, 0.6) is 0 Å². The second kappa shape index (κ2) is 10.2. The molecule has 0 aromatic rings. The van der Waals surface area contributed by atoms with E-state index >= 15 is 0 Å². The fourth-order valence-corrected chi connectivity index (χ4v) is 0.987. The molecular formula is C8H14Na2O4. The molecule has 0 radical (unpaired) electrons. The Bertz CT molecular complexity index is 211. The first-order chi connectivity index (χ1) is 5.54. The van der Waals surface area contributed by atoms with Crippen molar-refractivity contribution in [1.29, 1.82) is 0 Å². The summed E-state index contributed by atoms with van der Waals surface area (Å²) in [5.41, 5.74) is -0.0185. The molecule has 4 nitrogen and oxygen atoms in total. The molecule has 14 heavy (non-hydrogen) atoms. The van der Waals surface area contributed by atoms with E-state index in [0.717, 1.165) is 0 Å². The van der Waals surface area contributed by atoms with E-state index in [-0.39, 0.29) is 83.1 Å². The molecule has 0 aromatic heterocycles. The second-order valence-electron chi connectivity index (χ2n) is 2.27. The predicted octanol–water partition coefficient (Wildman–Crippen LogP) is -0.0248. The van der Waals surface area contributed by atoms with Crippen molar-refractivity contribution in [2.24, 2.45) is 0 Å². The molecule has 0 spiro atoms. The number of carboxylic acid groups (broad SMARTS) is 2. The van der Waals surface area contributed by atoms with Crippen LogP contribution in [0.4, 0.5) is 0 Å². The van der Waals surface area contributed by atoms with Crippen LogP contribution in [0, 0.1) is 0 Å². The van der Waals surface area contributed by atoms with Crippen molar-refractivity contribution < 1.29 is 19.8 Å². The van der Waals surface area contributed by atoms with Crippen molar-refractivity contribution in [3.63, 3.8) is 0 Å². The Balaban J connectivity index is -0.000000605. The standard InChI is InChI=1S/C8H12O4.2Na.2H/c1-3-5(7(9)10)6(4-2)8(11)12;;;;/h3-4H2,1-2H3,(H,9,10)(H,11,12);;;;/b6-5-;;;;. The van der Waals surface area contributed by atoms with Crippen LogP contribution >= 0.6 is 0 Å². The number of carbonyl (C=O) groups is 2.